The molecule has 0 radical (unpaired) electrons. The van der Waals surface area contributed by atoms with Crippen LogP contribution in [0.3, 0.4) is 0 Å². The van der Waals surface area contributed by atoms with Gasteiger partial charge in [0.15, 0.2) is 0 Å². The fourth-order valence-electron chi connectivity index (χ4n) is 0.520. The van der Waals surface area contributed by atoms with Gasteiger partial charge < -0.3 is 21.3 Å². The minimum absolute atomic E-state index is 0. The van der Waals surface area contributed by atoms with Gasteiger partial charge in [0.25, 0.3) is 0 Å². The van der Waals surface area contributed by atoms with Gasteiger partial charge in [-0.15, -0.1) is 0 Å². The monoisotopic (exact) mass is 252 g/mol. The average Bonchev–Trinajstić information content (AvgIpc) is 1.55. The molecule has 0 fully saturated rings. The molecule has 0 aromatic heterocycles. The molecule has 0 aliphatic rings. The molecule has 0 saturated carbocycles. The third-order valence-electron chi connectivity index (χ3n) is 0.673. The fraction of sp³-hybridized carbons (Fsp3) is 1.00. The second kappa shape index (κ2) is 6.91. The summed E-state index contributed by atoms with van der Waals surface area (Å²) in [6.07, 6.45) is 0. The van der Waals surface area contributed by atoms with Gasteiger partial charge in [-0.3, -0.25) is 0 Å². The Hall–Kier alpha value is 2.53. The van der Waals surface area contributed by atoms with Crippen LogP contribution in [0, 0.1) is 0 Å². The van der Waals surface area contributed by atoms with Gasteiger partial charge in [-0.2, -0.15) is 0 Å². The number of rotatable bonds is 3. The van der Waals surface area contributed by atoms with Crippen molar-refractivity contribution in [3.63, 3.8) is 0 Å². The molecule has 2 nitrogen and oxygen atoms in total. The van der Waals surface area contributed by atoms with Crippen molar-refractivity contribution in [1.29, 1.82) is 0 Å². The average molecular weight is 252 g/mol. The maximum atomic E-state index is 11.4. The molecule has 0 amide bonds. The van der Waals surface area contributed by atoms with Gasteiger partial charge in [0.2, 0.25) is 0 Å². The van der Waals surface area contributed by atoms with Crippen molar-refractivity contribution < 1.29 is 60.5 Å². The Kier molecular flexibility index (Phi) is 9.75. The summed E-state index contributed by atoms with van der Waals surface area (Å²) >= 11 is 6.02. The molecule has 0 N–H and O–H groups in total. The zero-order valence-corrected chi connectivity index (χ0v) is 13.9. The van der Waals surface area contributed by atoms with Crippen LogP contribution in [-0.4, -0.2) is 11.4 Å². The van der Waals surface area contributed by atoms with Crippen molar-refractivity contribution in [2.75, 3.05) is 6.61 Å². The fourth-order valence-corrected chi connectivity index (χ4v) is 6.38. The van der Waals surface area contributed by atoms with Crippen molar-refractivity contribution in [1.82, 2.24) is 0 Å². The maximum absolute atomic E-state index is 11.4. The molecule has 0 spiro atoms. The van der Waals surface area contributed by atoms with E-state index in [4.69, 9.17) is 16.8 Å². The molecule has 0 rings (SSSR count). The first-order valence-corrected chi connectivity index (χ1v) is 7.49. The Labute approximate surface area is 127 Å². The van der Waals surface area contributed by atoms with Crippen molar-refractivity contribution in [2.45, 2.75) is 32.4 Å². The predicted molar refractivity (Wildman–Crippen MR) is 53.9 cm³/mol. The third-order valence-corrected chi connectivity index (χ3v) is 5.64. The van der Waals surface area contributed by atoms with Crippen molar-refractivity contribution in [2.24, 2.45) is 0 Å². The van der Waals surface area contributed by atoms with E-state index in [2.05, 4.69) is 0 Å². The standard InChI is InChI=1S/C6H15O2PS2.K/c1-5-8-9(7,10)11-6(2,3)4;/h5H2,1-4H3,(H,7,10);/q;+1/p-1. The van der Waals surface area contributed by atoms with Gasteiger partial charge in [-0.25, -0.2) is 0 Å². The van der Waals surface area contributed by atoms with Gasteiger partial charge in [0.05, 0.1) is 6.61 Å². The minimum atomic E-state index is -2.81. The zero-order valence-electron chi connectivity index (χ0n) is 8.29. The maximum Gasteiger partial charge on any atom is 1.00 e. The van der Waals surface area contributed by atoms with E-state index in [0.717, 1.165) is 0 Å². The van der Waals surface area contributed by atoms with E-state index >= 15 is 0 Å². The van der Waals surface area contributed by atoms with E-state index in [1.807, 2.05) is 20.8 Å². The van der Waals surface area contributed by atoms with E-state index in [0.29, 0.717) is 6.61 Å². The van der Waals surface area contributed by atoms with Crippen LogP contribution in [0.15, 0.2) is 0 Å². The molecule has 1 unspecified atom stereocenters. The number of hydrogen-bond acceptors (Lipinski definition) is 4. The molecule has 0 aromatic rings. The zero-order chi connectivity index (χ0) is 9.12. The summed E-state index contributed by atoms with van der Waals surface area (Å²) in [5.74, 6) is -2.81. The minimum Gasteiger partial charge on any atom is -0.678 e. The molecule has 0 heterocycles. The summed E-state index contributed by atoms with van der Waals surface area (Å²) in [4.78, 5) is 0. The smallest absolute Gasteiger partial charge is 0.678 e. The Morgan fingerprint density at radius 2 is 1.92 bits per heavy atom. The quantitative estimate of drug-likeness (QED) is 0.408. The Bertz CT molecular complexity index is 169. The summed E-state index contributed by atoms with van der Waals surface area (Å²) in [6.45, 7) is 8.12. The van der Waals surface area contributed by atoms with Gasteiger partial charge in [-0.1, -0.05) is 32.2 Å². The summed E-state index contributed by atoms with van der Waals surface area (Å²) in [6, 6.07) is 0. The van der Waals surface area contributed by atoms with E-state index in [1.54, 1.807) is 6.92 Å². The first kappa shape index (κ1) is 16.9. The molecule has 0 saturated heterocycles. The van der Waals surface area contributed by atoms with Crippen LogP contribution in [0.25, 0.3) is 0 Å². The van der Waals surface area contributed by atoms with Crippen LogP contribution < -0.4 is 51.4 Å². The van der Waals surface area contributed by atoms with Crippen molar-refractivity contribution >= 4 is 29.4 Å². The van der Waals surface area contributed by atoms with Crippen LogP contribution in [0.2, 0.25) is 0 Å². The first-order chi connectivity index (χ1) is 4.77. The Morgan fingerprint density at radius 3 is 2.17 bits per heavy atom. The molecular weight excluding hydrogens is 238 g/mol. The van der Waals surface area contributed by atoms with E-state index < -0.39 is 5.77 Å². The SMILES string of the molecule is CCOP(=O)([S-])SC(C)(C)C.[K+]. The van der Waals surface area contributed by atoms with Crippen LogP contribution in [0.4, 0.5) is 0 Å². The third kappa shape index (κ3) is 10.6. The first-order valence-electron chi connectivity index (χ1n) is 3.43. The Morgan fingerprint density at radius 1 is 1.50 bits per heavy atom. The second-order valence-corrected chi connectivity index (χ2v) is 9.75. The Balaban J connectivity index is 0. The van der Waals surface area contributed by atoms with Crippen LogP contribution in [-0.2, 0) is 21.3 Å². The van der Waals surface area contributed by atoms with Gasteiger partial charge in [0.1, 0.15) is 5.77 Å². The molecular formula is C6H14KO2PS2. The van der Waals surface area contributed by atoms with Crippen LogP contribution >= 0.6 is 17.2 Å². The van der Waals surface area contributed by atoms with E-state index in [1.165, 1.54) is 11.4 Å². The molecule has 0 aliphatic carbocycles. The summed E-state index contributed by atoms with van der Waals surface area (Å²) in [5.41, 5.74) is 0. The van der Waals surface area contributed by atoms with Gasteiger partial charge in [0, 0.05) is 4.75 Å². The van der Waals surface area contributed by atoms with Crippen LogP contribution in [0.5, 0.6) is 0 Å². The van der Waals surface area contributed by atoms with Gasteiger partial charge >= 0.3 is 51.4 Å². The van der Waals surface area contributed by atoms with Crippen molar-refractivity contribution in [3.05, 3.63) is 0 Å². The molecule has 68 valence electrons. The predicted octanol–water partition coefficient (Wildman–Crippen LogP) is 0.214. The van der Waals surface area contributed by atoms with Gasteiger partial charge in [-0.05, 0) is 6.92 Å². The molecule has 12 heavy (non-hydrogen) atoms. The summed E-state index contributed by atoms with van der Waals surface area (Å²) in [5, 5.41) is 0. The summed E-state index contributed by atoms with van der Waals surface area (Å²) in [7, 11) is 0. The molecule has 1 atom stereocenters. The second-order valence-electron chi connectivity index (χ2n) is 3.07. The van der Waals surface area contributed by atoms with Crippen molar-refractivity contribution in [3.8, 4) is 0 Å². The topological polar surface area (TPSA) is 26.3 Å². The molecule has 0 aliphatic heterocycles. The largest absolute Gasteiger partial charge is 1.00 e. The van der Waals surface area contributed by atoms with Crippen LogP contribution in [0.1, 0.15) is 27.7 Å². The van der Waals surface area contributed by atoms with E-state index in [9.17, 15) is 4.57 Å². The number of hydrogen-bond donors (Lipinski definition) is 0. The molecule has 0 aromatic carbocycles. The normalized spacial score (nSPS) is 16.4. The summed E-state index contributed by atoms with van der Waals surface area (Å²) < 4.78 is 16.2. The molecule has 6 heteroatoms. The van der Waals surface area contributed by atoms with E-state index in [-0.39, 0.29) is 56.1 Å². The molecule has 0 bridgehead atoms.